The number of carbonyl (C=O) groups excluding carboxylic acids is 2. The molecular weight excluding hydrogens is 558 g/mol. The van der Waals surface area contributed by atoms with Crippen LogP contribution in [0.3, 0.4) is 0 Å². The molecule has 0 radical (unpaired) electrons. The molecule has 3 aromatic carbocycles. The van der Waals surface area contributed by atoms with Gasteiger partial charge in [0.05, 0.1) is 10.6 Å². The van der Waals surface area contributed by atoms with Gasteiger partial charge in [0, 0.05) is 17.6 Å². The lowest BCUT2D eigenvalue weighted by Crippen LogP contribution is -2.52. The first kappa shape index (κ1) is 30.6. The molecule has 1 atom stereocenters. The van der Waals surface area contributed by atoms with E-state index in [1.54, 1.807) is 67.6 Å². The third-order valence-corrected chi connectivity index (χ3v) is 9.89. The smallest absolute Gasteiger partial charge is 0.264 e. The molecule has 0 spiro atoms. The largest absolute Gasteiger partial charge is 0.352 e. The Bertz CT molecular complexity index is 1480. The zero-order chi connectivity index (χ0) is 29.7. The van der Waals surface area contributed by atoms with E-state index in [4.69, 9.17) is 11.6 Å². The Kier molecular flexibility index (Phi) is 9.76. The highest BCUT2D eigenvalue weighted by Gasteiger charge is 2.34. The van der Waals surface area contributed by atoms with E-state index in [9.17, 15) is 18.0 Å². The summed E-state index contributed by atoms with van der Waals surface area (Å²) in [7, 11) is -4.11. The molecule has 218 valence electrons. The second kappa shape index (κ2) is 13.1. The quantitative estimate of drug-likeness (QED) is 0.314. The average Bonchev–Trinajstić information content (AvgIpc) is 3.46. The number of nitrogens with zero attached hydrogens (tertiary/aromatic N) is 2. The first-order chi connectivity index (χ1) is 19.5. The number of nitrogens with one attached hydrogen (secondary N) is 1. The Hall–Kier alpha value is -3.36. The standard InChI is InChI=1S/C32H38ClN3O4S/c1-22-12-18-29(19-13-22)41(39,40)36(30-11-7-8-23(2)24(30)3)21-31(37)35(20-26-14-16-27(33)17-15-26)25(4)32(38)34-28-9-5-6-10-28/h7-8,11-19,25,28H,5-6,9-10,20-21H2,1-4H3,(H,34,38). The van der Waals surface area contributed by atoms with Crippen molar-refractivity contribution in [2.75, 3.05) is 10.8 Å². The van der Waals surface area contributed by atoms with Crippen molar-refractivity contribution in [3.8, 4) is 0 Å². The van der Waals surface area contributed by atoms with Gasteiger partial charge >= 0.3 is 0 Å². The maximum absolute atomic E-state index is 14.1. The van der Waals surface area contributed by atoms with Gasteiger partial charge in [0.2, 0.25) is 11.8 Å². The Balaban J connectivity index is 1.71. The molecule has 0 saturated heterocycles. The van der Waals surface area contributed by atoms with Crippen LogP contribution in [0.4, 0.5) is 5.69 Å². The molecule has 0 bridgehead atoms. The maximum atomic E-state index is 14.1. The SMILES string of the molecule is Cc1ccc(S(=O)(=O)N(CC(=O)N(Cc2ccc(Cl)cc2)C(C)C(=O)NC2CCCC2)c2cccc(C)c2C)cc1. The van der Waals surface area contributed by atoms with Gasteiger partial charge in [-0.3, -0.25) is 13.9 Å². The number of halogens is 1. The minimum Gasteiger partial charge on any atom is -0.352 e. The zero-order valence-electron chi connectivity index (χ0n) is 24.1. The molecule has 4 rings (SSSR count). The maximum Gasteiger partial charge on any atom is 0.264 e. The number of aryl methyl sites for hydroxylation is 2. The van der Waals surface area contributed by atoms with Crippen LogP contribution in [0.25, 0.3) is 0 Å². The van der Waals surface area contributed by atoms with Gasteiger partial charge in [-0.05, 0) is 87.6 Å². The predicted molar refractivity (Wildman–Crippen MR) is 163 cm³/mol. The van der Waals surface area contributed by atoms with Crippen molar-refractivity contribution in [2.45, 2.75) is 76.9 Å². The summed E-state index contributed by atoms with van der Waals surface area (Å²) in [5.74, 6) is -0.732. The van der Waals surface area contributed by atoms with E-state index in [-0.39, 0.29) is 23.4 Å². The van der Waals surface area contributed by atoms with Gasteiger partial charge in [-0.25, -0.2) is 8.42 Å². The highest BCUT2D eigenvalue weighted by atomic mass is 35.5. The zero-order valence-corrected chi connectivity index (χ0v) is 25.6. The molecule has 1 aliphatic rings. The Morgan fingerprint density at radius 1 is 0.951 bits per heavy atom. The lowest BCUT2D eigenvalue weighted by atomic mass is 10.1. The summed E-state index contributed by atoms with van der Waals surface area (Å²) in [4.78, 5) is 29.0. The van der Waals surface area contributed by atoms with Crippen LogP contribution in [-0.2, 0) is 26.2 Å². The summed E-state index contributed by atoms with van der Waals surface area (Å²) in [6.07, 6.45) is 3.96. The molecule has 0 aliphatic heterocycles. The topological polar surface area (TPSA) is 86.8 Å². The third-order valence-electron chi connectivity index (χ3n) is 7.87. The highest BCUT2D eigenvalue weighted by molar-refractivity contribution is 7.92. The van der Waals surface area contributed by atoms with Crippen LogP contribution in [-0.4, -0.2) is 43.8 Å². The Morgan fingerprint density at radius 3 is 2.22 bits per heavy atom. The third kappa shape index (κ3) is 7.29. The second-order valence-corrected chi connectivity index (χ2v) is 13.2. The molecule has 9 heteroatoms. The minimum absolute atomic E-state index is 0.0887. The van der Waals surface area contributed by atoms with Gasteiger partial charge in [0.1, 0.15) is 12.6 Å². The fourth-order valence-electron chi connectivity index (χ4n) is 5.12. The van der Waals surface area contributed by atoms with Gasteiger partial charge in [-0.15, -0.1) is 0 Å². The summed E-state index contributed by atoms with van der Waals surface area (Å²) in [6.45, 7) is 6.98. The molecule has 7 nitrogen and oxygen atoms in total. The molecular formula is C32H38ClN3O4S. The molecule has 1 unspecified atom stereocenters. The van der Waals surface area contributed by atoms with E-state index in [2.05, 4.69) is 5.32 Å². The summed E-state index contributed by atoms with van der Waals surface area (Å²) in [6, 6.07) is 18.3. The summed E-state index contributed by atoms with van der Waals surface area (Å²) >= 11 is 6.08. The summed E-state index contributed by atoms with van der Waals surface area (Å²) in [5, 5.41) is 3.65. The van der Waals surface area contributed by atoms with E-state index in [0.29, 0.717) is 10.7 Å². The van der Waals surface area contributed by atoms with Gasteiger partial charge in [-0.1, -0.05) is 66.4 Å². The first-order valence-electron chi connectivity index (χ1n) is 14.0. The van der Waals surface area contributed by atoms with Crippen molar-refractivity contribution in [2.24, 2.45) is 0 Å². The van der Waals surface area contributed by atoms with Crippen molar-refractivity contribution in [1.29, 1.82) is 0 Å². The number of hydrogen-bond donors (Lipinski definition) is 1. The van der Waals surface area contributed by atoms with Crippen LogP contribution in [0.1, 0.15) is 54.9 Å². The monoisotopic (exact) mass is 595 g/mol. The Morgan fingerprint density at radius 2 is 1.59 bits per heavy atom. The fourth-order valence-corrected chi connectivity index (χ4v) is 6.72. The van der Waals surface area contributed by atoms with Crippen molar-refractivity contribution in [3.05, 3.63) is 94.0 Å². The molecule has 1 N–H and O–H groups in total. The lowest BCUT2D eigenvalue weighted by Gasteiger charge is -2.33. The predicted octanol–water partition coefficient (Wildman–Crippen LogP) is 5.94. The lowest BCUT2D eigenvalue weighted by molar-refractivity contribution is -0.139. The number of sulfonamides is 1. The molecule has 1 fully saturated rings. The highest BCUT2D eigenvalue weighted by Crippen LogP contribution is 2.29. The number of carbonyl (C=O) groups is 2. The molecule has 1 saturated carbocycles. The fraction of sp³-hybridized carbons (Fsp3) is 0.375. The minimum atomic E-state index is -4.11. The number of amides is 2. The van der Waals surface area contributed by atoms with Crippen molar-refractivity contribution < 1.29 is 18.0 Å². The van der Waals surface area contributed by atoms with Crippen LogP contribution in [0, 0.1) is 20.8 Å². The van der Waals surface area contributed by atoms with Crippen LogP contribution in [0.5, 0.6) is 0 Å². The number of benzene rings is 3. The van der Waals surface area contributed by atoms with Gasteiger partial charge in [-0.2, -0.15) is 0 Å². The Labute approximate surface area is 248 Å². The van der Waals surface area contributed by atoms with Crippen molar-refractivity contribution in [3.63, 3.8) is 0 Å². The molecule has 2 amide bonds. The second-order valence-electron chi connectivity index (χ2n) is 10.9. The van der Waals surface area contributed by atoms with Crippen LogP contribution >= 0.6 is 11.6 Å². The van der Waals surface area contributed by atoms with Crippen molar-refractivity contribution in [1.82, 2.24) is 10.2 Å². The van der Waals surface area contributed by atoms with E-state index >= 15 is 0 Å². The van der Waals surface area contributed by atoms with Gasteiger partial charge in [0.15, 0.2) is 0 Å². The normalized spacial score (nSPS) is 14.5. The average molecular weight is 596 g/mol. The molecule has 3 aromatic rings. The van der Waals surface area contributed by atoms with Gasteiger partial charge in [0.25, 0.3) is 10.0 Å². The number of anilines is 1. The number of rotatable bonds is 10. The van der Waals surface area contributed by atoms with E-state index in [1.165, 1.54) is 9.21 Å². The van der Waals surface area contributed by atoms with Gasteiger partial charge < -0.3 is 10.2 Å². The van der Waals surface area contributed by atoms with Crippen LogP contribution in [0.2, 0.25) is 5.02 Å². The molecule has 0 aromatic heterocycles. The molecule has 1 aliphatic carbocycles. The van der Waals surface area contributed by atoms with E-state index in [0.717, 1.165) is 47.9 Å². The summed E-state index contributed by atoms with van der Waals surface area (Å²) < 4.78 is 29.3. The van der Waals surface area contributed by atoms with Crippen LogP contribution < -0.4 is 9.62 Å². The molecule has 41 heavy (non-hydrogen) atoms. The first-order valence-corrected chi connectivity index (χ1v) is 15.8. The molecule has 0 heterocycles. The van der Waals surface area contributed by atoms with E-state index in [1.807, 2.05) is 26.8 Å². The number of hydrogen-bond acceptors (Lipinski definition) is 4. The van der Waals surface area contributed by atoms with E-state index < -0.39 is 28.5 Å². The van der Waals surface area contributed by atoms with Crippen molar-refractivity contribution >= 4 is 39.1 Å². The summed E-state index contributed by atoms with van der Waals surface area (Å²) in [5.41, 5.74) is 3.79. The van der Waals surface area contributed by atoms with Crippen LogP contribution in [0.15, 0.2) is 71.6 Å².